The number of carboxylic acid groups (broad SMARTS) is 1. The number of benzene rings is 1. The topological polar surface area (TPSA) is 93.8 Å². The van der Waals surface area contributed by atoms with Gasteiger partial charge in [0, 0.05) is 43.9 Å². The molecule has 9 heteroatoms. The van der Waals surface area contributed by atoms with Crippen LogP contribution in [0, 0.1) is 0 Å². The number of aliphatic carboxylic acids is 1. The summed E-state index contributed by atoms with van der Waals surface area (Å²) in [5.74, 6) is -3.84. The molecule has 0 unspecified atom stereocenters. The second-order valence-corrected chi connectivity index (χ2v) is 8.99. The molecule has 3 heterocycles. The van der Waals surface area contributed by atoms with E-state index in [1.54, 1.807) is 24.1 Å². The largest absolute Gasteiger partial charge is 0.481 e. The average molecular weight is 475 g/mol. The minimum absolute atomic E-state index is 0.277. The lowest BCUT2D eigenvalue weighted by Gasteiger charge is -2.12. The number of rotatable bonds is 7. The van der Waals surface area contributed by atoms with Crippen LogP contribution >= 0.6 is 0 Å². The Kier molecular flexibility index (Phi) is 5.42. The Morgan fingerprint density at radius 2 is 1.77 bits per heavy atom. The molecule has 3 aromatic heterocycles. The minimum Gasteiger partial charge on any atom is -0.481 e. The number of aryl methyl sites for hydroxylation is 1. The Hall–Kier alpha value is -4.01. The normalized spacial score (nSPS) is 14.6. The van der Waals surface area contributed by atoms with E-state index >= 15 is 0 Å². The number of carbonyl (C=O) groups is 1. The smallest absolute Gasteiger partial charge is 0.314 e. The molecule has 1 fully saturated rings. The van der Waals surface area contributed by atoms with Crippen molar-refractivity contribution in [3.05, 3.63) is 83.8 Å². The minimum atomic E-state index is -3.07. The van der Waals surface area contributed by atoms with Crippen molar-refractivity contribution in [3.63, 3.8) is 0 Å². The van der Waals surface area contributed by atoms with E-state index in [1.807, 2.05) is 36.4 Å². The maximum absolute atomic E-state index is 13.7. The maximum atomic E-state index is 13.7. The van der Waals surface area contributed by atoms with E-state index < -0.39 is 17.3 Å². The van der Waals surface area contributed by atoms with Crippen LogP contribution in [0.1, 0.15) is 42.4 Å². The molecule has 178 valence electrons. The fourth-order valence-corrected chi connectivity index (χ4v) is 4.22. The van der Waals surface area contributed by atoms with Gasteiger partial charge in [0.25, 0.3) is 5.92 Å². The average Bonchev–Trinajstić information content (AvgIpc) is 3.59. The summed E-state index contributed by atoms with van der Waals surface area (Å²) in [6.45, 7) is 0.797. The van der Waals surface area contributed by atoms with Crippen molar-refractivity contribution in [2.75, 3.05) is 0 Å². The van der Waals surface area contributed by atoms with Crippen LogP contribution in [0.2, 0.25) is 0 Å². The van der Waals surface area contributed by atoms with Gasteiger partial charge in [-0.3, -0.25) is 19.4 Å². The number of aromatic nitrogens is 5. The predicted molar refractivity (Wildman–Crippen MR) is 125 cm³/mol. The van der Waals surface area contributed by atoms with Gasteiger partial charge in [-0.15, -0.1) is 0 Å². The Morgan fingerprint density at radius 1 is 1.06 bits per heavy atom. The molecule has 0 bridgehead atoms. The molecule has 1 saturated carbocycles. The first-order valence-corrected chi connectivity index (χ1v) is 11.2. The number of pyridine rings is 1. The van der Waals surface area contributed by atoms with Crippen molar-refractivity contribution in [1.82, 2.24) is 24.7 Å². The molecule has 0 spiro atoms. The first kappa shape index (κ1) is 22.8. The van der Waals surface area contributed by atoms with Crippen molar-refractivity contribution in [3.8, 4) is 22.4 Å². The van der Waals surface area contributed by atoms with Gasteiger partial charge in [-0.25, -0.2) is 4.98 Å². The molecule has 1 aromatic carbocycles. The molecule has 0 aliphatic heterocycles. The molecule has 7 nitrogen and oxygen atoms in total. The van der Waals surface area contributed by atoms with Crippen LogP contribution in [-0.2, 0) is 29.6 Å². The molecule has 5 rings (SSSR count). The molecule has 0 amide bonds. The summed E-state index contributed by atoms with van der Waals surface area (Å²) in [4.78, 5) is 24.2. The van der Waals surface area contributed by atoms with Gasteiger partial charge in [0.2, 0.25) is 0 Å². The van der Waals surface area contributed by atoms with Crippen molar-refractivity contribution < 1.29 is 18.7 Å². The van der Waals surface area contributed by atoms with Gasteiger partial charge >= 0.3 is 5.97 Å². The van der Waals surface area contributed by atoms with Gasteiger partial charge in [0.05, 0.1) is 34.9 Å². The van der Waals surface area contributed by atoms with Gasteiger partial charge in [-0.2, -0.15) is 13.9 Å². The van der Waals surface area contributed by atoms with Gasteiger partial charge in [-0.05, 0) is 30.0 Å². The second kappa shape index (κ2) is 8.33. The van der Waals surface area contributed by atoms with Gasteiger partial charge in [0.15, 0.2) is 0 Å². The Labute approximate surface area is 200 Å². The van der Waals surface area contributed by atoms with Crippen molar-refractivity contribution in [2.24, 2.45) is 7.05 Å². The fraction of sp³-hybridized carbons (Fsp3) is 0.269. The first-order chi connectivity index (χ1) is 16.7. The summed E-state index contributed by atoms with van der Waals surface area (Å²) in [6.07, 6.45) is 7.61. The monoisotopic (exact) mass is 475 g/mol. The third kappa shape index (κ3) is 4.29. The van der Waals surface area contributed by atoms with E-state index in [9.17, 15) is 18.7 Å². The van der Waals surface area contributed by atoms with Crippen molar-refractivity contribution in [2.45, 2.75) is 37.5 Å². The molecule has 35 heavy (non-hydrogen) atoms. The lowest BCUT2D eigenvalue weighted by molar-refractivity contribution is -0.140. The molecule has 1 N–H and O–H groups in total. The van der Waals surface area contributed by atoms with Crippen LogP contribution < -0.4 is 0 Å². The summed E-state index contributed by atoms with van der Waals surface area (Å²) in [6, 6.07) is 11.4. The lowest BCUT2D eigenvalue weighted by Crippen LogP contribution is -2.19. The quantitative estimate of drug-likeness (QED) is 0.414. The summed E-state index contributed by atoms with van der Waals surface area (Å²) >= 11 is 0. The van der Waals surface area contributed by atoms with Gasteiger partial charge in [0.1, 0.15) is 5.69 Å². The van der Waals surface area contributed by atoms with E-state index in [0.717, 1.165) is 41.1 Å². The van der Waals surface area contributed by atoms with Crippen molar-refractivity contribution >= 4 is 5.97 Å². The fourth-order valence-electron chi connectivity index (χ4n) is 4.22. The van der Waals surface area contributed by atoms with Crippen LogP contribution in [0.4, 0.5) is 8.78 Å². The first-order valence-electron chi connectivity index (χ1n) is 11.2. The molecular formula is C26H23F2N5O2. The summed E-state index contributed by atoms with van der Waals surface area (Å²) in [7, 11) is 1.78. The number of alkyl halides is 2. The number of carboxylic acids is 1. The number of nitrogens with zero attached hydrogens (tertiary/aromatic N) is 5. The van der Waals surface area contributed by atoms with E-state index in [1.165, 1.54) is 6.20 Å². The zero-order valence-corrected chi connectivity index (χ0v) is 19.2. The molecule has 0 saturated heterocycles. The van der Waals surface area contributed by atoms with E-state index in [2.05, 4.69) is 20.1 Å². The molecule has 0 atom stereocenters. The zero-order chi connectivity index (χ0) is 24.8. The molecule has 0 radical (unpaired) electrons. The standard InChI is InChI=1S/C26H23F2N5O2/c1-25(27,28)23-15-29-13-19(32-23)11-22-20(14-31-33(22)2)21-8-5-17(12-30-21)16-3-6-18(7-4-16)26(9-10-26)24(34)35/h3-8,12-15H,9-11H2,1-2H3,(H,34,35). The van der Waals surface area contributed by atoms with Crippen molar-refractivity contribution in [1.29, 1.82) is 0 Å². The second-order valence-electron chi connectivity index (χ2n) is 8.99. The Balaban J connectivity index is 1.39. The van der Waals surface area contributed by atoms with E-state index in [-0.39, 0.29) is 12.1 Å². The lowest BCUT2D eigenvalue weighted by atomic mass is 9.94. The van der Waals surface area contributed by atoms with Gasteiger partial charge < -0.3 is 5.11 Å². The highest BCUT2D eigenvalue weighted by Crippen LogP contribution is 2.48. The maximum Gasteiger partial charge on any atom is 0.314 e. The summed E-state index contributed by atoms with van der Waals surface area (Å²) < 4.78 is 29.0. The number of hydrogen-bond donors (Lipinski definition) is 1. The summed E-state index contributed by atoms with van der Waals surface area (Å²) in [5.41, 5.74) is 4.23. The van der Waals surface area contributed by atoms with Crippen LogP contribution in [0.15, 0.2) is 61.2 Å². The van der Waals surface area contributed by atoms with E-state index in [0.29, 0.717) is 24.2 Å². The van der Waals surface area contributed by atoms with E-state index in [4.69, 9.17) is 0 Å². The van der Waals surface area contributed by atoms with Crippen LogP contribution in [0.3, 0.4) is 0 Å². The Morgan fingerprint density at radius 3 is 2.37 bits per heavy atom. The highest BCUT2D eigenvalue weighted by Gasteiger charge is 2.51. The third-order valence-electron chi connectivity index (χ3n) is 6.51. The summed E-state index contributed by atoms with van der Waals surface area (Å²) in [5, 5.41) is 13.8. The zero-order valence-electron chi connectivity index (χ0n) is 19.2. The SMILES string of the molecule is Cn1ncc(-c2ccc(-c3ccc(C4(C(=O)O)CC4)cc3)cn2)c1Cc1cncc(C(C)(F)F)n1. The molecule has 4 aromatic rings. The number of halogens is 2. The number of hydrogen-bond acceptors (Lipinski definition) is 5. The highest BCUT2D eigenvalue weighted by atomic mass is 19.3. The Bertz CT molecular complexity index is 1390. The third-order valence-corrected chi connectivity index (χ3v) is 6.51. The molecule has 1 aliphatic carbocycles. The highest BCUT2D eigenvalue weighted by molar-refractivity contribution is 5.85. The van der Waals surface area contributed by atoms with Crippen LogP contribution in [0.25, 0.3) is 22.4 Å². The van der Waals surface area contributed by atoms with Crippen LogP contribution in [-0.4, -0.2) is 35.8 Å². The van der Waals surface area contributed by atoms with Gasteiger partial charge in [-0.1, -0.05) is 30.3 Å². The molecule has 1 aliphatic rings. The van der Waals surface area contributed by atoms with Crippen LogP contribution in [0.5, 0.6) is 0 Å². The molecular weight excluding hydrogens is 452 g/mol. The predicted octanol–water partition coefficient (Wildman–Crippen LogP) is 4.76.